The van der Waals surface area contributed by atoms with E-state index in [0.29, 0.717) is 6.42 Å². The Labute approximate surface area is 136 Å². The molecule has 0 saturated carbocycles. The van der Waals surface area contributed by atoms with Gasteiger partial charge in [-0.3, -0.25) is 4.90 Å². The first-order chi connectivity index (χ1) is 10.7. The van der Waals surface area contributed by atoms with E-state index in [-0.39, 0.29) is 19.6 Å². The standard InChI is InChI=1S/C17H23NO5/c1-16(2,3)23-15(20)18-11-7-10-17(18,21)14(19)22-12-13-8-5-4-6-9-13/h4-6,8-9,21H,7,10-12H2,1-3H3. The molecule has 0 spiro atoms. The third-order valence-corrected chi connectivity index (χ3v) is 3.51. The molecule has 0 radical (unpaired) electrons. The van der Waals surface area contributed by atoms with Crippen LogP contribution < -0.4 is 0 Å². The Kier molecular flexibility index (Phi) is 4.94. The third kappa shape index (κ3) is 4.22. The number of amides is 1. The van der Waals surface area contributed by atoms with Gasteiger partial charge >= 0.3 is 12.1 Å². The minimum atomic E-state index is -1.96. The van der Waals surface area contributed by atoms with Gasteiger partial charge in [0.1, 0.15) is 12.2 Å². The first-order valence-electron chi connectivity index (χ1n) is 7.66. The molecule has 0 bridgehead atoms. The van der Waals surface area contributed by atoms with E-state index in [1.165, 1.54) is 0 Å². The largest absolute Gasteiger partial charge is 0.457 e. The molecule has 2 rings (SSSR count). The molecule has 1 fully saturated rings. The van der Waals surface area contributed by atoms with Gasteiger partial charge in [0.25, 0.3) is 0 Å². The second kappa shape index (κ2) is 6.58. The Morgan fingerprint density at radius 1 is 1.26 bits per heavy atom. The summed E-state index contributed by atoms with van der Waals surface area (Å²) >= 11 is 0. The van der Waals surface area contributed by atoms with E-state index in [1.807, 2.05) is 30.3 Å². The number of hydrogen-bond acceptors (Lipinski definition) is 5. The molecule has 1 aromatic rings. The topological polar surface area (TPSA) is 76.1 Å². The van der Waals surface area contributed by atoms with Crippen LogP contribution in [0.15, 0.2) is 30.3 Å². The summed E-state index contributed by atoms with van der Waals surface area (Å²) in [5.74, 6) is -0.829. The molecule has 1 aromatic carbocycles. The number of hydrogen-bond donors (Lipinski definition) is 1. The van der Waals surface area contributed by atoms with Gasteiger partial charge in [-0.1, -0.05) is 30.3 Å². The molecule has 1 saturated heterocycles. The summed E-state index contributed by atoms with van der Waals surface area (Å²) in [4.78, 5) is 25.5. The average Bonchev–Trinajstić information content (AvgIpc) is 2.87. The molecule has 0 aliphatic carbocycles. The molecule has 1 atom stereocenters. The van der Waals surface area contributed by atoms with Gasteiger partial charge in [-0.15, -0.1) is 0 Å². The van der Waals surface area contributed by atoms with Gasteiger partial charge in [-0.25, -0.2) is 9.59 Å². The molecule has 1 aliphatic heterocycles. The van der Waals surface area contributed by atoms with Crippen molar-refractivity contribution in [2.75, 3.05) is 6.54 Å². The van der Waals surface area contributed by atoms with E-state index >= 15 is 0 Å². The van der Waals surface area contributed by atoms with Crippen LogP contribution >= 0.6 is 0 Å². The van der Waals surface area contributed by atoms with E-state index in [9.17, 15) is 14.7 Å². The van der Waals surface area contributed by atoms with Crippen molar-refractivity contribution in [3.63, 3.8) is 0 Å². The number of aliphatic hydroxyl groups is 1. The smallest absolute Gasteiger partial charge is 0.413 e. The Bertz CT molecular complexity index is 566. The van der Waals surface area contributed by atoms with Crippen LogP contribution in [0.3, 0.4) is 0 Å². The summed E-state index contributed by atoms with van der Waals surface area (Å²) in [5.41, 5.74) is -1.85. The predicted octanol–water partition coefficient (Wildman–Crippen LogP) is 2.45. The fourth-order valence-corrected chi connectivity index (χ4v) is 2.41. The molecule has 6 heteroatoms. The maximum Gasteiger partial charge on any atom is 0.413 e. The van der Waals surface area contributed by atoms with Crippen LogP contribution in [0.5, 0.6) is 0 Å². The van der Waals surface area contributed by atoms with Crippen molar-refractivity contribution in [2.24, 2.45) is 0 Å². The lowest BCUT2D eigenvalue weighted by atomic mass is 10.1. The first-order valence-corrected chi connectivity index (χ1v) is 7.66. The monoisotopic (exact) mass is 321 g/mol. The van der Waals surface area contributed by atoms with Crippen LogP contribution in [-0.4, -0.2) is 39.9 Å². The molecule has 1 aliphatic rings. The number of benzene rings is 1. The van der Waals surface area contributed by atoms with Crippen LogP contribution in [0, 0.1) is 0 Å². The van der Waals surface area contributed by atoms with Gasteiger partial charge < -0.3 is 14.6 Å². The molecule has 1 unspecified atom stereocenters. The lowest BCUT2D eigenvalue weighted by Crippen LogP contribution is -2.54. The van der Waals surface area contributed by atoms with Crippen LogP contribution in [-0.2, 0) is 20.9 Å². The van der Waals surface area contributed by atoms with Crippen LogP contribution in [0.1, 0.15) is 39.2 Å². The number of rotatable bonds is 3. The molecule has 6 nitrogen and oxygen atoms in total. The van der Waals surface area contributed by atoms with Crippen LogP contribution in [0.4, 0.5) is 4.79 Å². The van der Waals surface area contributed by atoms with Crippen molar-refractivity contribution >= 4 is 12.1 Å². The molecular weight excluding hydrogens is 298 g/mol. The fraction of sp³-hybridized carbons (Fsp3) is 0.529. The van der Waals surface area contributed by atoms with E-state index < -0.39 is 23.4 Å². The molecule has 126 valence electrons. The Balaban J connectivity index is 2.03. The van der Waals surface area contributed by atoms with Crippen molar-refractivity contribution in [1.82, 2.24) is 4.90 Å². The summed E-state index contributed by atoms with van der Waals surface area (Å²) < 4.78 is 10.4. The summed E-state index contributed by atoms with van der Waals surface area (Å²) in [6, 6.07) is 9.16. The van der Waals surface area contributed by atoms with Gasteiger partial charge in [-0.2, -0.15) is 0 Å². The summed E-state index contributed by atoms with van der Waals surface area (Å²) in [6.45, 7) is 5.49. The van der Waals surface area contributed by atoms with E-state index in [1.54, 1.807) is 20.8 Å². The number of esters is 1. The zero-order valence-corrected chi connectivity index (χ0v) is 13.7. The third-order valence-electron chi connectivity index (χ3n) is 3.51. The number of carbonyl (C=O) groups excluding carboxylic acids is 2. The minimum Gasteiger partial charge on any atom is -0.457 e. The molecule has 1 heterocycles. The summed E-state index contributed by atoms with van der Waals surface area (Å²) in [7, 11) is 0. The highest BCUT2D eigenvalue weighted by atomic mass is 16.6. The quantitative estimate of drug-likeness (QED) is 0.865. The first kappa shape index (κ1) is 17.3. The highest BCUT2D eigenvalue weighted by molar-refractivity contribution is 5.84. The number of ether oxygens (including phenoxy) is 2. The van der Waals surface area contributed by atoms with Gasteiger partial charge in [0.15, 0.2) is 0 Å². The SMILES string of the molecule is CC(C)(C)OC(=O)N1CCCC1(O)C(=O)OCc1ccccc1. The zero-order valence-electron chi connectivity index (χ0n) is 13.7. The highest BCUT2D eigenvalue weighted by Gasteiger charge is 2.51. The lowest BCUT2D eigenvalue weighted by molar-refractivity contribution is -0.182. The van der Waals surface area contributed by atoms with Crippen molar-refractivity contribution in [3.8, 4) is 0 Å². The minimum absolute atomic E-state index is 0.0458. The Hall–Kier alpha value is -2.08. The van der Waals surface area contributed by atoms with Crippen molar-refractivity contribution in [1.29, 1.82) is 0 Å². The number of carbonyl (C=O) groups is 2. The van der Waals surface area contributed by atoms with E-state index in [4.69, 9.17) is 9.47 Å². The average molecular weight is 321 g/mol. The summed E-state index contributed by atoms with van der Waals surface area (Å²) in [5, 5.41) is 10.6. The van der Waals surface area contributed by atoms with Crippen molar-refractivity contribution in [3.05, 3.63) is 35.9 Å². The maximum absolute atomic E-state index is 12.3. The fourth-order valence-electron chi connectivity index (χ4n) is 2.41. The van der Waals surface area contributed by atoms with E-state index in [0.717, 1.165) is 10.5 Å². The van der Waals surface area contributed by atoms with Crippen LogP contribution in [0.2, 0.25) is 0 Å². The maximum atomic E-state index is 12.3. The van der Waals surface area contributed by atoms with Crippen molar-refractivity contribution in [2.45, 2.75) is 51.5 Å². The Morgan fingerprint density at radius 3 is 2.52 bits per heavy atom. The molecule has 1 N–H and O–H groups in total. The molecule has 0 aromatic heterocycles. The highest BCUT2D eigenvalue weighted by Crippen LogP contribution is 2.30. The summed E-state index contributed by atoms with van der Waals surface area (Å²) in [6.07, 6.45) is -0.0649. The lowest BCUT2D eigenvalue weighted by Gasteiger charge is -2.32. The van der Waals surface area contributed by atoms with Gasteiger partial charge in [0.05, 0.1) is 0 Å². The van der Waals surface area contributed by atoms with Gasteiger partial charge in [-0.05, 0) is 32.8 Å². The Morgan fingerprint density at radius 2 is 1.91 bits per heavy atom. The number of likely N-dealkylation sites (tertiary alicyclic amines) is 1. The normalized spacial score (nSPS) is 21.1. The number of nitrogens with zero attached hydrogens (tertiary/aromatic N) is 1. The molecular formula is C17H23NO5. The second-order valence-corrected chi connectivity index (χ2v) is 6.61. The second-order valence-electron chi connectivity index (χ2n) is 6.61. The van der Waals surface area contributed by atoms with Crippen molar-refractivity contribution < 1.29 is 24.2 Å². The molecule has 1 amide bonds. The van der Waals surface area contributed by atoms with Gasteiger partial charge in [0, 0.05) is 13.0 Å². The van der Waals surface area contributed by atoms with Gasteiger partial charge in [0.2, 0.25) is 5.72 Å². The molecule has 23 heavy (non-hydrogen) atoms. The zero-order chi connectivity index (χ0) is 17.1. The predicted molar refractivity (Wildman–Crippen MR) is 83.4 cm³/mol. The van der Waals surface area contributed by atoms with E-state index in [2.05, 4.69) is 0 Å². The van der Waals surface area contributed by atoms with Crippen LogP contribution in [0.25, 0.3) is 0 Å².